The van der Waals surface area contributed by atoms with Crippen LogP contribution in [0.5, 0.6) is 0 Å². The first-order valence-corrected chi connectivity index (χ1v) is 7.38. The summed E-state index contributed by atoms with van der Waals surface area (Å²) in [5.41, 5.74) is 1.08. The molecule has 1 atom stereocenters. The normalized spacial score (nSPS) is 26.4. The van der Waals surface area contributed by atoms with E-state index in [1.54, 1.807) is 0 Å². The third kappa shape index (κ3) is 3.21. The Morgan fingerprint density at radius 3 is 2.72 bits per heavy atom. The molecule has 3 heteroatoms. The molecule has 18 heavy (non-hydrogen) atoms. The number of nitrogens with zero attached hydrogens (tertiary/aromatic N) is 1. The van der Waals surface area contributed by atoms with Crippen LogP contribution in [-0.2, 0) is 4.79 Å². The number of likely N-dealkylation sites (tertiary alicyclic amines) is 1. The minimum Gasteiger partial charge on any atom is -0.317 e. The Labute approximate surface area is 111 Å². The van der Waals surface area contributed by atoms with E-state index >= 15 is 0 Å². The largest absolute Gasteiger partial charge is 0.317 e. The second-order valence-corrected chi connectivity index (χ2v) is 5.62. The fraction of sp³-hybridized carbons (Fsp3) is 0.800. The van der Waals surface area contributed by atoms with Crippen LogP contribution >= 0.6 is 0 Å². The first-order valence-electron chi connectivity index (χ1n) is 7.38. The summed E-state index contributed by atoms with van der Waals surface area (Å²) in [6.07, 6.45) is 6.13. The zero-order chi connectivity index (χ0) is 13.0. The van der Waals surface area contributed by atoms with Gasteiger partial charge in [0, 0.05) is 12.5 Å². The highest BCUT2D eigenvalue weighted by Gasteiger charge is 2.35. The molecule has 1 unspecified atom stereocenters. The number of ketones is 1. The summed E-state index contributed by atoms with van der Waals surface area (Å²) >= 11 is 0. The Hall–Kier alpha value is -0.670. The van der Waals surface area contributed by atoms with Gasteiger partial charge in [-0.2, -0.15) is 0 Å². The Morgan fingerprint density at radius 1 is 1.33 bits per heavy atom. The van der Waals surface area contributed by atoms with E-state index in [0.717, 1.165) is 38.0 Å². The van der Waals surface area contributed by atoms with E-state index in [2.05, 4.69) is 23.7 Å². The molecule has 1 N–H and O–H groups in total. The number of allylic oxidation sites excluding steroid dienone is 1. The van der Waals surface area contributed by atoms with Gasteiger partial charge in [0.05, 0.1) is 6.04 Å². The SMILES string of the molecule is C=C(CC)CC(=O)C1CCCN1C1CCNCC1. The van der Waals surface area contributed by atoms with Crippen LogP contribution in [0.2, 0.25) is 0 Å². The van der Waals surface area contributed by atoms with Crippen molar-refractivity contribution in [2.75, 3.05) is 19.6 Å². The molecule has 0 aliphatic carbocycles. The van der Waals surface area contributed by atoms with E-state index in [1.807, 2.05) is 0 Å². The molecule has 0 aromatic rings. The van der Waals surface area contributed by atoms with Gasteiger partial charge < -0.3 is 5.32 Å². The summed E-state index contributed by atoms with van der Waals surface area (Å²) in [5, 5.41) is 3.40. The second kappa shape index (κ2) is 6.48. The highest BCUT2D eigenvalue weighted by molar-refractivity contribution is 5.86. The van der Waals surface area contributed by atoms with Gasteiger partial charge in [0.2, 0.25) is 0 Å². The van der Waals surface area contributed by atoms with Crippen molar-refractivity contribution in [3.8, 4) is 0 Å². The van der Waals surface area contributed by atoms with Crippen molar-refractivity contribution in [3.63, 3.8) is 0 Å². The van der Waals surface area contributed by atoms with Crippen LogP contribution in [0.3, 0.4) is 0 Å². The number of Topliss-reactive ketones (excluding diaryl/α,β-unsaturated/α-hetero) is 1. The van der Waals surface area contributed by atoms with Crippen molar-refractivity contribution in [1.29, 1.82) is 0 Å². The predicted octanol–water partition coefficient (Wildman–Crippen LogP) is 2.13. The Kier molecular flexibility index (Phi) is 4.95. The number of rotatable bonds is 5. The zero-order valence-corrected chi connectivity index (χ0v) is 11.6. The maximum absolute atomic E-state index is 12.3. The predicted molar refractivity (Wildman–Crippen MR) is 74.7 cm³/mol. The van der Waals surface area contributed by atoms with Crippen LogP contribution in [0.15, 0.2) is 12.2 Å². The van der Waals surface area contributed by atoms with Crippen molar-refractivity contribution < 1.29 is 4.79 Å². The fourth-order valence-electron chi connectivity index (χ4n) is 3.20. The first kappa shape index (κ1) is 13.8. The number of hydrogen-bond acceptors (Lipinski definition) is 3. The summed E-state index contributed by atoms with van der Waals surface area (Å²) in [6, 6.07) is 0.800. The molecule has 0 saturated carbocycles. The van der Waals surface area contributed by atoms with Crippen LogP contribution in [0.4, 0.5) is 0 Å². The van der Waals surface area contributed by atoms with Gasteiger partial charge in [-0.25, -0.2) is 0 Å². The summed E-state index contributed by atoms with van der Waals surface area (Å²) in [7, 11) is 0. The topological polar surface area (TPSA) is 32.3 Å². The lowest BCUT2D eigenvalue weighted by molar-refractivity contribution is -0.123. The molecule has 2 fully saturated rings. The molecular weight excluding hydrogens is 224 g/mol. The molecular formula is C15H26N2O. The Morgan fingerprint density at radius 2 is 2.06 bits per heavy atom. The molecule has 0 radical (unpaired) electrons. The minimum atomic E-state index is 0.177. The number of nitrogens with one attached hydrogen (secondary N) is 1. The van der Waals surface area contributed by atoms with Crippen molar-refractivity contribution in [3.05, 3.63) is 12.2 Å². The average molecular weight is 250 g/mol. The first-order chi connectivity index (χ1) is 8.72. The molecule has 0 aromatic carbocycles. The molecule has 0 aromatic heterocycles. The monoisotopic (exact) mass is 250 g/mol. The number of hydrogen-bond donors (Lipinski definition) is 1. The average Bonchev–Trinajstić information content (AvgIpc) is 2.88. The molecule has 2 aliphatic heterocycles. The van der Waals surface area contributed by atoms with Gasteiger partial charge >= 0.3 is 0 Å². The van der Waals surface area contributed by atoms with Crippen LogP contribution in [-0.4, -0.2) is 42.4 Å². The number of piperidine rings is 1. The molecule has 0 bridgehead atoms. The second-order valence-electron chi connectivity index (χ2n) is 5.62. The molecule has 0 spiro atoms. The fourth-order valence-corrected chi connectivity index (χ4v) is 3.20. The van der Waals surface area contributed by atoms with E-state index in [-0.39, 0.29) is 6.04 Å². The summed E-state index contributed by atoms with van der Waals surface area (Å²) in [5.74, 6) is 0.401. The third-order valence-electron chi connectivity index (χ3n) is 4.37. The highest BCUT2D eigenvalue weighted by atomic mass is 16.1. The minimum absolute atomic E-state index is 0.177. The van der Waals surface area contributed by atoms with E-state index in [1.165, 1.54) is 19.3 Å². The molecule has 102 valence electrons. The summed E-state index contributed by atoms with van der Waals surface area (Å²) < 4.78 is 0. The molecule has 0 amide bonds. The third-order valence-corrected chi connectivity index (χ3v) is 4.37. The number of carbonyl (C=O) groups excluding carboxylic acids is 1. The summed E-state index contributed by atoms with van der Waals surface area (Å²) in [4.78, 5) is 14.8. The highest BCUT2D eigenvalue weighted by Crippen LogP contribution is 2.26. The van der Waals surface area contributed by atoms with Crippen molar-refractivity contribution in [2.45, 2.75) is 57.5 Å². The van der Waals surface area contributed by atoms with Crippen LogP contribution in [0.25, 0.3) is 0 Å². The van der Waals surface area contributed by atoms with Gasteiger partial charge in [-0.1, -0.05) is 19.1 Å². The van der Waals surface area contributed by atoms with E-state index in [9.17, 15) is 4.79 Å². The smallest absolute Gasteiger partial charge is 0.153 e. The van der Waals surface area contributed by atoms with Crippen LogP contribution in [0, 0.1) is 0 Å². The lowest BCUT2D eigenvalue weighted by atomic mass is 9.98. The van der Waals surface area contributed by atoms with E-state index < -0.39 is 0 Å². The Balaban J connectivity index is 1.93. The van der Waals surface area contributed by atoms with Gasteiger partial charge in [0.15, 0.2) is 5.78 Å². The van der Waals surface area contributed by atoms with Gasteiger partial charge in [-0.15, -0.1) is 0 Å². The van der Waals surface area contributed by atoms with Gasteiger partial charge in [0.25, 0.3) is 0 Å². The van der Waals surface area contributed by atoms with Crippen LogP contribution < -0.4 is 5.32 Å². The number of carbonyl (C=O) groups is 1. The van der Waals surface area contributed by atoms with Crippen LogP contribution in [0.1, 0.15) is 45.4 Å². The maximum atomic E-state index is 12.3. The van der Waals surface area contributed by atoms with Gasteiger partial charge in [-0.3, -0.25) is 9.69 Å². The summed E-state index contributed by atoms with van der Waals surface area (Å²) in [6.45, 7) is 9.36. The van der Waals surface area contributed by atoms with Crippen molar-refractivity contribution in [2.24, 2.45) is 0 Å². The van der Waals surface area contributed by atoms with E-state index in [0.29, 0.717) is 18.2 Å². The zero-order valence-electron chi connectivity index (χ0n) is 11.6. The molecule has 2 heterocycles. The molecule has 2 rings (SSSR count). The molecule has 3 nitrogen and oxygen atoms in total. The Bertz CT molecular complexity index is 308. The van der Waals surface area contributed by atoms with Gasteiger partial charge in [0.1, 0.15) is 0 Å². The van der Waals surface area contributed by atoms with Gasteiger partial charge in [-0.05, 0) is 51.7 Å². The molecule has 2 saturated heterocycles. The lowest BCUT2D eigenvalue weighted by Crippen LogP contribution is -2.47. The van der Waals surface area contributed by atoms with E-state index in [4.69, 9.17) is 0 Å². The molecule has 2 aliphatic rings. The lowest BCUT2D eigenvalue weighted by Gasteiger charge is -2.35. The van der Waals surface area contributed by atoms with Crippen molar-refractivity contribution >= 4 is 5.78 Å². The quantitative estimate of drug-likeness (QED) is 0.759. The standard InChI is InChI=1S/C15H26N2O/c1-3-12(2)11-15(18)14-5-4-10-17(14)13-6-8-16-9-7-13/h13-14,16H,2-11H2,1H3. The maximum Gasteiger partial charge on any atom is 0.153 e. The van der Waals surface area contributed by atoms with Crippen molar-refractivity contribution in [1.82, 2.24) is 10.2 Å².